The molecule has 0 heterocycles. The van der Waals surface area contributed by atoms with Crippen LogP contribution in [0.25, 0.3) is 0 Å². The third-order valence-electron chi connectivity index (χ3n) is 3.90. The molecule has 3 atom stereocenters. The Balaban J connectivity index is 1.50. The third kappa shape index (κ3) is 3.16. The van der Waals surface area contributed by atoms with Crippen LogP contribution in [-0.2, 0) is 0 Å². The van der Waals surface area contributed by atoms with E-state index in [4.69, 9.17) is 6.42 Å². The van der Waals surface area contributed by atoms with Crippen molar-refractivity contribution < 1.29 is 0 Å². The van der Waals surface area contributed by atoms with Crippen molar-refractivity contribution in [1.82, 2.24) is 5.32 Å². The predicted octanol–water partition coefficient (Wildman–Crippen LogP) is 2.38. The predicted molar refractivity (Wildman–Crippen MR) is 68.0 cm³/mol. The zero-order chi connectivity index (χ0) is 10.5. The van der Waals surface area contributed by atoms with E-state index in [1.807, 2.05) is 11.8 Å². The Kier molecular flexibility index (Phi) is 4.41. The molecule has 0 aromatic rings. The monoisotopic (exact) mass is 223 g/mol. The lowest BCUT2D eigenvalue weighted by Gasteiger charge is -2.21. The summed E-state index contributed by atoms with van der Waals surface area (Å²) in [4.78, 5) is 0. The van der Waals surface area contributed by atoms with Crippen LogP contribution in [0.5, 0.6) is 0 Å². The van der Waals surface area contributed by atoms with Crippen molar-refractivity contribution in [3.63, 3.8) is 0 Å². The lowest BCUT2D eigenvalue weighted by molar-refractivity contribution is 0.321. The number of thioether (sulfide) groups is 1. The van der Waals surface area contributed by atoms with Crippen LogP contribution in [0.1, 0.15) is 25.7 Å². The molecule has 0 aromatic carbocycles. The molecular weight excluding hydrogens is 202 g/mol. The highest BCUT2D eigenvalue weighted by Gasteiger charge is 2.38. The second-order valence-electron chi connectivity index (χ2n) is 4.90. The molecule has 0 aromatic heterocycles. The van der Waals surface area contributed by atoms with Gasteiger partial charge in [-0.05, 0) is 43.6 Å². The van der Waals surface area contributed by atoms with Gasteiger partial charge in [0.2, 0.25) is 0 Å². The van der Waals surface area contributed by atoms with Crippen molar-refractivity contribution >= 4 is 11.8 Å². The summed E-state index contributed by atoms with van der Waals surface area (Å²) >= 11 is 1.85. The zero-order valence-corrected chi connectivity index (χ0v) is 10.2. The van der Waals surface area contributed by atoms with Gasteiger partial charge in [-0.3, -0.25) is 0 Å². The lowest BCUT2D eigenvalue weighted by Crippen LogP contribution is -2.28. The maximum atomic E-state index is 5.19. The van der Waals surface area contributed by atoms with Gasteiger partial charge in [-0.25, -0.2) is 0 Å². The molecule has 0 saturated heterocycles. The van der Waals surface area contributed by atoms with E-state index in [1.165, 1.54) is 32.2 Å². The molecule has 2 rings (SSSR count). The van der Waals surface area contributed by atoms with Crippen molar-refractivity contribution in [3.05, 3.63) is 0 Å². The molecule has 2 aliphatic carbocycles. The van der Waals surface area contributed by atoms with Crippen LogP contribution in [0.3, 0.4) is 0 Å². The van der Waals surface area contributed by atoms with Gasteiger partial charge in [0.1, 0.15) is 0 Å². The highest BCUT2D eigenvalue weighted by atomic mass is 32.2. The van der Waals surface area contributed by atoms with Crippen LogP contribution in [0.2, 0.25) is 0 Å². The van der Waals surface area contributed by atoms with E-state index < -0.39 is 0 Å². The Morgan fingerprint density at radius 1 is 1.33 bits per heavy atom. The van der Waals surface area contributed by atoms with Gasteiger partial charge in [0.25, 0.3) is 0 Å². The van der Waals surface area contributed by atoms with Gasteiger partial charge in [-0.1, -0.05) is 12.3 Å². The number of nitrogens with one attached hydrogen (secondary N) is 1. The standard InChI is InChI=1S/C13H21NS/c1-2-6-15-7-5-14-10-13-9-11-3-4-12(13)8-11/h1,11-14H,3-10H2. The minimum Gasteiger partial charge on any atom is -0.316 e. The number of rotatable bonds is 6. The van der Waals surface area contributed by atoms with Gasteiger partial charge in [0.15, 0.2) is 0 Å². The van der Waals surface area contributed by atoms with Gasteiger partial charge in [0.05, 0.1) is 5.75 Å². The highest BCUT2D eigenvalue weighted by molar-refractivity contribution is 7.99. The highest BCUT2D eigenvalue weighted by Crippen LogP contribution is 2.47. The van der Waals surface area contributed by atoms with Crippen LogP contribution in [0, 0.1) is 30.1 Å². The fourth-order valence-corrected chi connectivity index (χ4v) is 3.74. The van der Waals surface area contributed by atoms with E-state index in [-0.39, 0.29) is 0 Å². The van der Waals surface area contributed by atoms with Crippen LogP contribution in [0.4, 0.5) is 0 Å². The first kappa shape index (κ1) is 11.4. The van der Waals surface area contributed by atoms with Gasteiger partial charge >= 0.3 is 0 Å². The molecule has 84 valence electrons. The summed E-state index contributed by atoms with van der Waals surface area (Å²) < 4.78 is 0. The fraction of sp³-hybridized carbons (Fsp3) is 0.846. The molecule has 2 bridgehead atoms. The summed E-state index contributed by atoms with van der Waals surface area (Å²) in [7, 11) is 0. The summed E-state index contributed by atoms with van der Waals surface area (Å²) in [5.74, 6) is 7.80. The Hall–Kier alpha value is -0.130. The number of terminal acetylenes is 1. The molecule has 2 saturated carbocycles. The Morgan fingerprint density at radius 3 is 2.93 bits per heavy atom. The van der Waals surface area contributed by atoms with Gasteiger partial charge in [0, 0.05) is 12.3 Å². The molecular formula is C13H21NS. The maximum Gasteiger partial charge on any atom is 0.0545 e. The van der Waals surface area contributed by atoms with Crippen molar-refractivity contribution in [1.29, 1.82) is 0 Å². The number of hydrogen-bond donors (Lipinski definition) is 1. The molecule has 1 nitrogen and oxygen atoms in total. The molecule has 0 spiro atoms. The summed E-state index contributed by atoms with van der Waals surface area (Å²) in [6.07, 6.45) is 11.2. The number of fused-ring (bicyclic) bond motifs is 2. The molecule has 2 fully saturated rings. The first-order valence-electron chi connectivity index (χ1n) is 6.12. The van der Waals surface area contributed by atoms with Crippen molar-refractivity contribution in [2.75, 3.05) is 24.6 Å². The molecule has 15 heavy (non-hydrogen) atoms. The first-order valence-corrected chi connectivity index (χ1v) is 7.27. The van der Waals surface area contributed by atoms with Crippen LogP contribution >= 0.6 is 11.8 Å². The molecule has 0 radical (unpaired) electrons. The summed E-state index contributed by atoms with van der Waals surface area (Å²) in [6, 6.07) is 0. The average Bonchev–Trinajstić information content (AvgIpc) is 2.85. The summed E-state index contributed by atoms with van der Waals surface area (Å²) in [5, 5.41) is 3.58. The van der Waals surface area contributed by atoms with E-state index in [0.29, 0.717) is 0 Å². The van der Waals surface area contributed by atoms with Crippen LogP contribution in [0.15, 0.2) is 0 Å². The van der Waals surface area contributed by atoms with E-state index in [2.05, 4.69) is 11.2 Å². The molecule has 1 N–H and O–H groups in total. The second kappa shape index (κ2) is 5.82. The smallest absolute Gasteiger partial charge is 0.0545 e. The van der Waals surface area contributed by atoms with E-state index >= 15 is 0 Å². The van der Waals surface area contributed by atoms with Gasteiger partial charge < -0.3 is 5.32 Å². The molecule has 0 amide bonds. The lowest BCUT2D eigenvalue weighted by atomic mass is 9.89. The van der Waals surface area contributed by atoms with Crippen molar-refractivity contribution in [3.8, 4) is 12.3 Å². The third-order valence-corrected chi connectivity index (χ3v) is 4.76. The van der Waals surface area contributed by atoms with Crippen molar-refractivity contribution in [2.24, 2.45) is 17.8 Å². The topological polar surface area (TPSA) is 12.0 Å². The van der Waals surface area contributed by atoms with Crippen LogP contribution in [-0.4, -0.2) is 24.6 Å². The largest absolute Gasteiger partial charge is 0.316 e. The van der Waals surface area contributed by atoms with Crippen molar-refractivity contribution in [2.45, 2.75) is 25.7 Å². The molecule has 0 aliphatic heterocycles. The Labute approximate surface area is 97.8 Å². The molecule has 3 unspecified atom stereocenters. The minimum absolute atomic E-state index is 0.857. The summed E-state index contributed by atoms with van der Waals surface area (Å²) in [5.41, 5.74) is 0. The van der Waals surface area contributed by atoms with Gasteiger partial charge in [-0.15, -0.1) is 18.2 Å². The molecule has 2 aliphatic rings. The summed E-state index contributed by atoms with van der Waals surface area (Å²) in [6.45, 7) is 2.37. The SMILES string of the molecule is C#CCSCCNCC1CC2CCC1C2. The quantitative estimate of drug-likeness (QED) is 0.548. The average molecular weight is 223 g/mol. The zero-order valence-electron chi connectivity index (χ0n) is 9.37. The van der Waals surface area contributed by atoms with E-state index in [1.54, 1.807) is 0 Å². The minimum atomic E-state index is 0.857. The second-order valence-corrected chi connectivity index (χ2v) is 6.00. The first-order chi connectivity index (χ1) is 7.40. The van der Waals surface area contributed by atoms with E-state index in [9.17, 15) is 0 Å². The fourth-order valence-electron chi connectivity index (χ4n) is 3.19. The van der Waals surface area contributed by atoms with Crippen LogP contribution < -0.4 is 5.32 Å². The number of hydrogen-bond acceptors (Lipinski definition) is 2. The van der Waals surface area contributed by atoms with Gasteiger partial charge in [-0.2, -0.15) is 0 Å². The normalized spacial score (nSPS) is 33.1. The Morgan fingerprint density at radius 2 is 2.27 bits per heavy atom. The molecule has 2 heteroatoms. The maximum absolute atomic E-state index is 5.19. The Bertz CT molecular complexity index is 233. The van der Waals surface area contributed by atoms with E-state index in [0.717, 1.165) is 35.8 Å².